The van der Waals surface area contributed by atoms with Gasteiger partial charge in [-0.3, -0.25) is 0 Å². The molecular weight excluding hydrogens is 341 g/mol. The Morgan fingerprint density at radius 1 is 0.958 bits per heavy atom. The molecule has 0 fully saturated rings. The molecule has 7 heteroatoms. The highest BCUT2D eigenvalue weighted by Crippen LogP contribution is 2.32. The molecule has 0 radical (unpaired) electrons. The first-order chi connectivity index (χ1) is 11.4. The van der Waals surface area contributed by atoms with E-state index in [1.54, 1.807) is 30.3 Å². The number of halogens is 4. The van der Waals surface area contributed by atoms with Crippen LogP contribution >= 0.6 is 11.6 Å². The minimum atomic E-state index is -4.40. The van der Waals surface area contributed by atoms with E-state index in [4.69, 9.17) is 16.3 Å². The van der Waals surface area contributed by atoms with Crippen molar-refractivity contribution in [3.8, 4) is 22.9 Å². The number of rotatable bonds is 3. The fourth-order valence-corrected chi connectivity index (χ4v) is 2.22. The number of hydrogen-bond acceptors (Lipinski definition) is 3. The summed E-state index contributed by atoms with van der Waals surface area (Å²) in [7, 11) is 0. The van der Waals surface area contributed by atoms with Gasteiger partial charge in [-0.15, -0.1) is 0 Å². The Balaban J connectivity index is 1.91. The molecule has 0 bridgehead atoms. The van der Waals surface area contributed by atoms with E-state index in [1.165, 1.54) is 18.3 Å². The monoisotopic (exact) mass is 350 g/mol. The van der Waals surface area contributed by atoms with Crippen LogP contribution in [0.1, 0.15) is 5.56 Å². The maximum atomic E-state index is 12.8. The molecule has 3 aromatic rings. The lowest BCUT2D eigenvalue weighted by Crippen LogP contribution is -2.04. The number of nitrogens with zero attached hydrogens (tertiary/aromatic N) is 2. The summed E-state index contributed by atoms with van der Waals surface area (Å²) in [6.07, 6.45) is -2.92. The minimum absolute atomic E-state index is 0.243. The van der Waals surface area contributed by atoms with Crippen molar-refractivity contribution in [1.82, 2.24) is 9.97 Å². The zero-order valence-corrected chi connectivity index (χ0v) is 12.8. The highest BCUT2D eigenvalue weighted by Gasteiger charge is 2.30. The molecule has 0 saturated heterocycles. The molecule has 1 aromatic carbocycles. The Hall–Kier alpha value is -2.60. The minimum Gasteiger partial charge on any atom is -0.439 e. The summed E-state index contributed by atoms with van der Waals surface area (Å²) < 4.78 is 44.0. The normalized spacial score (nSPS) is 11.3. The highest BCUT2D eigenvalue weighted by atomic mass is 35.5. The third-order valence-corrected chi connectivity index (χ3v) is 3.34. The maximum Gasteiger partial charge on any atom is 0.416 e. The van der Waals surface area contributed by atoms with Crippen LogP contribution in [0, 0.1) is 0 Å². The Morgan fingerprint density at radius 3 is 2.50 bits per heavy atom. The van der Waals surface area contributed by atoms with E-state index in [-0.39, 0.29) is 11.0 Å². The lowest BCUT2D eigenvalue weighted by molar-refractivity contribution is -0.137. The molecule has 0 spiro atoms. The Morgan fingerprint density at radius 2 is 1.75 bits per heavy atom. The van der Waals surface area contributed by atoms with Gasteiger partial charge in [-0.05, 0) is 24.3 Å². The standard InChI is InChI=1S/C17H10ClF3N2O/c18-15-10-13(7-8-22-15)24-16-6-2-5-14(23-16)11-3-1-4-12(9-11)17(19,20)21/h1-10H. The fraction of sp³-hybridized carbons (Fsp3) is 0.0588. The second kappa shape index (κ2) is 6.49. The third-order valence-electron chi connectivity index (χ3n) is 3.13. The third kappa shape index (κ3) is 3.83. The first kappa shape index (κ1) is 16.3. The van der Waals surface area contributed by atoms with Crippen LogP contribution in [0.3, 0.4) is 0 Å². The van der Waals surface area contributed by atoms with Crippen molar-refractivity contribution in [2.75, 3.05) is 0 Å². The molecule has 0 aliphatic rings. The average Bonchev–Trinajstić information content (AvgIpc) is 2.54. The lowest BCUT2D eigenvalue weighted by Gasteiger charge is -2.10. The van der Waals surface area contributed by atoms with Gasteiger partial charge in [0.05, 0.1) is 11.3 Å². The number of benzene rings is 1. The molecule has 122 valence electrons. The van der Waals surface area contributed by atoms with E-state index in [1.807, 2.05) is 0 Å². The van der Waals surface area contributed by atoms with Gasteiger partial charge in [-0.25, -0.2) is 9.97 Å². The van der Waals surface area contributed by atoms with Crippen molar-refractivity contribution in [3.05, 3.63) is 71.5 Å². The predicted octanol–water partition coefficient (Wildman–Crippen LogP) is 5.61. The van der Waals surface area contributed by atoms with Crippen LogP contribution in [0.4, 0.5) is 13.2 Å². The molecule has 0 aliphatic carbocycles. The molecule has 2 heterocycles. The van der Waals surface area contributed by atoms with E-state index in [0.717, 1.165) is 12.1 Å². The van der Waals surface area contributed by atoms with E-state index in [0.29, 0.717) is 17.0 Å². The lowest BCUT2D eigenvalue weighted by atomic mass is 10.1. The van der Waals surface area contributed by atoms with Crippen LogP contribution in [0.25, 0.3) is 11.3 Å². The van der Waals surface area contributed by atoms with Crippen LogP contribution in [-0.2, 0) is 6.18 Å². The van der Waals surface area contributed by atoms with Crippen molar-refractivity contribution in [2.45, 2.75) is 6.18 Å². The molecule has 0 atom stereocenters. The summed E-state index contributed by atoms with van der Waals surface area (Å²) in [5.41, 5.74) is -0.00386. The van der Waals surface area contributed by atoms with Gasteiger partial charge < -0.3 is 4.74 Å². The van der Waals surface area contributed by atoms with E-state index >= 15 is 0 Å². The summed E-state index contributed by atoms with van der Waals surface area (Å²) in [5.74, 6) is 0.677. The van der Waals surface area contributed by atoms with E-state index < -0.39 is 11.7 Å². The molecule has 3 nitrogen and oxygen atoms in total. The van der Waals surface area contributed by atoms with Gasteiger partial charge >= 0.3 is 6.18 Å². The van der Waals surface area contributed by atoms with Gasteiger partial charge in [0, 0.05) is 23.9 Å². The second-order valence-electron chi connectivity index (χ2n) is 4.86. The van der Waals surface area contributed by atoms with Crippen LogP contribution in [0.2, 0.25) is 5.15 Å². The molecule has 24 heavy (non-hydrogen) atoms. The van der Waals surface area contributed by atoms with Crippen LogP contribution < -0.4 is 4.74 Å². The highest BCUT2D eigenvalue weighted by molar-refractivity contribution is 6.29. The largest absolute Gasteiger partial charge is 0.439 e. The number of ether oxygens (including phenoxy) is 1. The summed E-state index contributed by atoms with van der Waals surface area (Å²) in [6, 6.07) is 13.0. The summed E-state index contributed by atoms with van der Waals surface area (Å²) in [6.45, 7) is 0. The van der Waals surface area contributed by atoms with Gasteiger partial charge in [0.1, 0.15) is 10.9 Å². The van der Waals surface area contributed by atoms with Gasteiger partial charge in [-0.2, -0.15) is 13.2 Å². The van der Waals surface area contributed by atoms with Crippen molar-refractivity contribution in [3.63, 3.8) is 0 Å². The fourth-order valence-electron chi connectivity index (χ4n) is 2.06. The van der Waals surface area contributed by atoms with Gasteiger partial charge in [0.25, 0.3) is 0 Å². The van der Waals surface area contributed by atoms with Crippen LogP contribution in [0.15, 0.2) is 60.8 Å². The smallest absolute Gasteiger partial charge is 0.416 e. The Kier molecular flexibility index (Phi) is 4.40. The molecule has 0 unspecified atom stereocenters. The summed E-state index contributed by atoms with van der Waals surface area (Å²) >= 11 is 5.78. The maximum absolute atomic E-state index is 12.8. The first-order valence-corrected chi connectivity index (χ1v) is 7.24. The average molecular weight is 351 g/mol. The van der Waals surface area contributed by atoms with Crippen LogP contribution in [-0.4, -0.2) is 9.97 Å². The zero-order valence-electron chi connectivity index (χ0n) is 12.1. The van der Waals surface area contributed by atoms with Crippen molar-refractivity contribution < 1.29 is 17.9 Å². The summed E-state index contributed by atoms with van der Waals surface area (Å²) in [4.78, 5) is 8.08. The van der Waals surface area contributed by atoms with Crippen molar-refractivity contribution in [2.24, 2.45) is 0 Å². The Bertz CT molecular complexity index is 868. The van der Waals surface area contributed by atoms with Gasteiger partial charge in [0.15, 0.2) is 0 Å². The van der Waals surface area contributed by atoms with Gasteiger partial charge in [-0.1, -0.05) is 29.8 Å². The molecule has 0 aliphatic heterocycles. The molecule has 0 N–H and O–H groups in total. The number of hydrogen-bond donors (Lipinski definition) is 0. The number of aromatic nitrogens is 2. The zero-order chi connectivity index (χ0) is 17.2. The first-order valence-electron chi connectivity index (χ1n) is 6.86. The van der Waals surface area contributed by atoms with E-state index in [2.05, 4.69) is 9.97 Å². The van der Waals surface area contributed by atoms with E-state index in [9.17, 15) is 13.2 Å². The molecular formula is C17H10ClF3N2O. The molecule has 3 rings (SSSR count). The SMILES string of the molecule is FC(F)(F)c1cccc(-c2cccc(Oc3ccnc(Cl)c3)n2)c1. The Labute approximate surface area is 140 Å². The predicted molar refractivity (Wildman–Crippen MR) is 84.0 cm³/mol. The van der Waals surface area contributed by atoms with Gasteiger partial charge in [0.2, 0.25) is 5.88 Å². The molecule has 0 amide bonds. The second-order valence-corrected chi connectivity index (χ2v) is 5.24. The van der Waals surface area contributed by atoms with Crippen molar-refractivity contribution in [1.29, 1.82) is 0 Å². The van der Waals surface area contributed by atoms with Crippen LogP contribution in [0.5, 0.6) is 11.6 Å². The molecule has 0 saturated carbocycles. The summed E-state index contributed by atoms with van der Waals surface area (Å²) in [5, 5.41) is 0.265. The number of alkyl halides is 3. The van der Waals surface area contributed by atoms with Crippen molar-refractivity contribution >= 4 is 11.6 Å². The quantitative estimate of drug-likeness (QED) is 0.576. The number of pyridine rings is 2. The molecule has 2 aromatic heterocycles. The topological polar surface area (TPSA) is 35.0 Å².